The standard InChI is InChI=1S/C20H15Cl2N3O/c1-12(26)18-19(13-5-3-2-4-6-13)24-17-9-10-23-25(17)20(18)14-7-8-15(21)16(22)11-14/h2-11,20,24,26H,1H2. The monoisotopic (exact) mass is 383 g/mol. The largest absolute Gasteiger partial charge is 0.508 e. The van der Waals surface area contributed by atoms with Gasteiger partial charge in [0.25, 0.3) is 0 Å². The molecule has 6 heteroatoms. The Morgan fingerprint density at radius 3 is 2.54 bits per heavy atom. The molecular weight excluding hydrogens is 369 g/mol. The van der Waals surface area contributed by atoms with Crippen LogP contribution in [0.15, 0.2) is 78.7 Å². The molecule has 0 radical (unpaired) electrons. The number of hydrogen-bond acceptors (Lipinski definition) is 3. The van der Waals surface area contributed by atoms with Gasteiger partial charge < -0.3 is 10.4 Å². The molecule has 4 rings (SSSR count). The molecule has 0 saturated heterocycles. The minimum Gasteiger partial charge on any atom is -0.508 e. The fourth-order valence-corrected chi connectivity index (χ4v) is 3.50. The lowest BCUT2D eigenvalue weighted by atomic mass is 9.91. The Kier molecular flexibility index (Phi) is 4.23. The van der Waals surface area contributed by atoms with Crippen LogP contribution in [0.4, 0.5) is 5.82 Å². The number of nitrogens with one attached hydrogen (secondary N) is 1. The third-order valence-electron chi connectivity index (χ3n) is 4.34. The molecular formula is C20H15Cl2N3O. The Hall–Kier alpha value is -2.69. The number of hydrogen-bond donors (Lipinski definition) is 2. The topological polar surface area (TPSA) is 50.1 Å². The van der Waals surface area contributed by atoms with Crippen LogP contribution < -0.4 is 5.32 Å². The third-order valence-corrected chi connectivity index (χ3v) is 5.08. The van der Waals surface area contributed by atoms with Crippen molar-refractivity contribution < 1.29 is 5.11 Å². The normalized spacial score (nSPS) is 16.2. The first-order valence-corrected chi connectivity index (χ1v) is 8.75. The van der Waals surface area contributed by atoms with E-state index in [2.05, 4.69) is 17.0 Å². The highest BCUT2D eigenvalue weighted by molar-refractivity contribution is 6.42. The van der Waals surface area contributed by atoms with E-state index in [1.54, 1.807) is 23.0 Å². The van der Waals surface area contributed by atoms with Crippen molar-refractivity contribution in [3.05, 3.63) is 99.9 Å². The van der Waals surface area contributed by atoms with E-state index in [4.69, 9.17) is 23.2 Å². The number of fused-ring (bicyclic) bond motifs is 1. The predicted octanol–water partition coefficient (Wildman–Crippen LogP) is 5.69. The van der Waals surface area contributed by atoms with Gasteiger partial charge in [-0.25, -0.2) is 4.68 Å². The number of anilines is 1. The van der Waals surface area contributed by atoms with Gasteiger partial charge in [0.1, 0.15) is 17.6 Å². The van der Waals surface area contributed by atoms with Crippen molar-refractivity contribution in [2.75, 3.05) is 5.32 Å². The summed E-state index contributed by atoms with van der Waals surface area (Å²) in [7, 11) is 0. The lowest BCUT2D eigenvalue weighted by Gasteiger charge is -2.31. The Morgan fingerprint density at radius 1 is 1.08 bits per heavy atom. The number of allylic oxidation sites excluding steroid dienone is 1. The van der Waals surface area contributed by atoms with Crippen LogP contribution in [0.25, 0.3) is 5.70 Å². The van der Waals surface area contributed by atoms with Crippen LogP contribution in [0.5, 0.6) is 0 Å². The summed E-state index contributed by atoms with van der Waals surface area (Å²) in [6.45, 7) is 3.79. The van der Waals surface area contributed by atoms with Gasteiger partial charge in [0, 0.05) is 11.6 Å². The molecule has 26 heavy (non-hydrogen) atoms. The molecule has 0 amide bonds. The summed E-state index contributed by atoms with van der Waals surface area (Å²) in [5, 5.41) is 19.1. The highest BCUT2D eigenvalue weighted by atomic mass is 35.5. The van der Waals surface area contributed by atoms with Crippen molar-refractivity contribution in [3.63, 3.8) is 0 Å². The Morgan fingerprint density at radius 2 is 1.85 bits per heavy atom. The maximum absolute atomic E-state index is 10.4. The molecule has 1 aliphatic heterocycles. The molecule has 1 atom stereocenters. The number of nitrogens with zero attached hydrogens (tertiary/aromatic N) is 2. The van der Waals surface area contributed by atoms with E-state index in [9.17, 15) is 5.11 Å². The van der Waals surface area contributed by atoms with Gasteiger partial charge in [0.15, 0.2) is 0 Å². The molecule has 1 unspecified atom stereocenters. The van der Waals surface area contributed by atoms with Crippen molar-refractivity contribution in [1.29, 1.82) is 0 Å². The molecule has 0 bridgehead atoms. The summed E-state index contributed by atoms with van der Waals surface area (Å²) in [5.74, 6) is 0.776. The highest BCUT2D eigenvalue weighted by Gasteiger charge is 2.32. The number of aliphatic hydroxyl groups is 1. The van der Waals surface area contributed by atoms with E-state index in [0.29, 0.717) is 15.6 Å². The minimum absolute atomic E-state index is 0.0337. The zero-order valence-electron chi connectivity index (χ0n) is 13.7. The van der Waals surface area contributed by atoms with Gasteiger partial charge in [0.2, 0.25) is 0 Å². The summed E-state index contributed by atoms with van der Waals surface area (Å²) in [6, 6.07) is 16.7. The molecule has 1 aromatic heterocycles. The van der Waals surface area contributed by atoms with Gasteiger partial charge in [-0.3, -0.25) is 0 Å². The molecule has 0 saturated carbocycles. The van der Waals surface area contributed by atoms with Crippen LogP contribution in [0.3, 0.4) is 0 Å². The molecule has 2 heterocycles. The van der Waals surface area contributed by atoms with Crippen molar-refractivity contribution >= 4 is 34.7 Å². The van der Waals surface area contributed by atoms with Crippen molar-refractivity contribution in [2.24, 2.45) is 0 Å². The van der Waals surface area contributed by atoms with Crippen molar-refractivity contribution in [2.45, 2.75) is 6.04 Å². The number of halogens is 2. The van der Waals surface area contributed by atoms with E-state index >= 15 is 0 Å². The molecule has 4 nitrogen and oxygen atoms in total. The Labute approximate surface area is 161 Å². The summed E-state index contributed by atoms with van der Waals surface area (Å²) in [5.41, 5.74) is 3.20. The zero-order chi connectivity index (χ0) is 18.3. The van der Waals surface area contributed by atoms with Crippen LogP contribution in [0.2, 0.25) is 10.0 Å². The van der Waals surface area contributed by atoms with E-state index in [1.165, 1.54) is 0 Å². The molecule has 2 N–H and O–H groups in total. The van der Waals surface area contributed by atoms with E-state index in [1.807, 2.05) is 42.5 Å². The fourth-order valence-electron chi connectivity index (χ4n) is 3.20. The molecule has 0 aliphatic carbocycles. The van der Waals surface area contributed by atoms with Crippen molar-refractivity contribution in [3.8, 4) is 0 Å². The molecule has 3 aromatic rings. The molecule has 1 aliphatic rings. The van der Waals surface area contributed by atoms with Gasteiger partial charge in [-0.2, -0.15) is 5.10 Å². The lowest BCUT2D eigenvalue weighted by molar-refractivity contribution is 0.407. The van der Waals surface area contributed by atoms with E-state index in [-0.39, 0.29) is 11.8 Å². The zero-order valence-corrected chi connectivity index (χ0v) is 15.2. The second-order valence-electron chi connectivity index (χ2n) is 5.96. The first kappa shape index (κ1) is 16.8. The number of rotatable bonds is 3. The van der Waals surface area contributed by atoms with Gasteiger partial charge >= 0.3 is 0 Å². The lowest BCUT2D eigenvalue weighted by Crippen LogP contribution is -2.25. The molecule has 130 valence electrons. The van der Waals surface area contributed by atoms with Crippen LogP contribution in [-0.4, -0.2) is 14.9 Å². The first-order valence-electron chi connectivity index (χ1n) is 7.99. The van der Waals surface area contributed by atoms with Crippen LogP contribution in [0, 0.1) is 0 Å². The summed E-state index contributed by atoms with van der Waals surface area (Å²) >= 11 is 12.3. The maximum Gasteiger partial charge on any atom is 0.129 e. The second-order valence-corrected chi connectivity index (χ2v) is 6.78. The maximum atomic E-state index is 10.4. The SMILES string of the molecule is C=C(O)C1=C(c2ccccc2)Nc2ccnn2C1c1ccc(Cl)c(Cl)c1. The summed E-state index contributed by atoms with van der Waals surface area (Å²) < 4.78 is 1.79. The summed E-state index contributed by atoms with van der Waals surface area (Å²) in [4.78, 5) is 0. The average molecular weight is 384 g/mol. The van der Waals surface area contributed by atoms with E-state index < -0.39 is 0 Å². The number of benzene rings is 2. The second kappa shape index (κ2) is 6.56. The number of aromatic nitrogens is 2. The smallest absolute Gasteiger partial charge is 0.129 e. The average Bonchev–Trinajstić information content (AvgIpc) is 3.11. The van der Waals surface area contributed by atoms with Gasteiger partial charge in [0.05, 0.1) is 21.9 Å². The van der Waals surface area contributed by atoms with Crippen LogP contribution in [-0.2, 0) is 0 Å². The predicted molar refractivity (Wildman–Crippen MR) is 106 cm³/mol. The minimum atomic E-state index is -0.385. The Bertz CT molecular complexity index is 1020. The highest BCUT2D eigenvalue weighted by Crippen LogP contribution is 2.42. The van der Waals surface area contributed by atoms with Crippen LogP contribution >= 0.6 is 23.2 Å². The summed E-state index contributed by atoms with van der Waals surface area (Å²) in [6.07, 6.45) is 1.71. The fraction of sp³-hybridized carbons (Fsp3) is 0.0500. The van der Waals surface area contributed by atoms with Crippen LogP contribution in [0.1, 0.15) is 17.2 Å². The van der Waals surface area contributed by atoms with Gasteiger partial charge in [-0.05, 0) is 23.3 Å². The Balaban J connectivity index is 1.98. The van der Waals surface area contributed by atoms with E-state index in [0.717, 1.165) is 22.6 Å². The molecule has 0 fully saturated rings. The van der Waals surface area contributed by atoms with Gasteiger partial charge in [-0.15, -0.1) is 0 Å². The van der Waals surface area contributed by atoms with Crippen molar-refractivity contribution in [1.82, 2.24) is 9.78 Å². The quantitative estimate of drug-likeness (QED) is 0.571. The third kappa shape index (κ3) is 2.77. The first-order chi connectivity index (χ1) is 12.6. The van der Waals surface area contributed by atoms with Gasteiger partial charge in [-0.1, -0.05) is 66.2 Å². The molecule has 0 spiro atoms. The molecule has 2 aromatic carbocycles. The number of aliphatic hydroxyl groups excluding tert-OH is 1.